The van der Waals surface area contributed by atoms with E-state index >= 15 is 0 Å². The van der Waals surface area contributed by atoms with E-state index in [-0.39, 0.29) is 0 Å². The predicted octanol–water partition coefficient (Wildman–Crippen LogP) is 1.77. The zero-order valence-electron chi connectivity index (χ0n) is 8.42. The lowest BCUT2D eigenvalue weighted by atomic mass is 9.85. The van der Waals surface area contributed by atoms with Crippen molar-refractivity contribution in [3.05, 3.63) is 0 Å². The summed E-state index contributed by atoms with van der Waals surface area (Å²) < 4.78 is 0. The number of hydrogen-bond donors (Lipinski definition) is 2. The van der Waals surface area contributed by atoms with Crippen molar-refractivity contribution >= 4 is 0 Å². The molecular formula is C10H23NO. The van der Waals surface area contributed by atoms with Crippen LogP contribution < -0.4 is 5.73 Å². The molecule has 0 heterocycles. The molecular weight excluding hydrogens is 150 g/mol. The Bertz CT molecular complexity index is 89.8. The van der Waals surface area contributed by atoms with E-state index in [9.17, 15) is 0 Å². The summed E-state index contributed by atoms with van der Waals surface area (Å²) >= 11 is 0. The van der Waals surface area contributed by atoms with Crippen LogP contribution in [0.3, 0.4) is 0 Å². The molecule has 74 valence electrons. The lowest BCUT2D eigenvalue weighted by Crippen LogP contribution is -2.17. The second kappa shape index (κ2) is 7.56. The summed E-state index contributed by atoms with van der Waals surface area (Å²) in [7, 11) is 0. The van der Waals surface area contributed by atoms with Crippen molar-refractivity contribution < 1.29 is 5.11 Å². The van der Waals surface area contributed by atoms with Crippen LogP contribution in [0.25, 0.3) is 0 Å². The third-order valence-electron chi connectivity index (χ3n) is 2.59. The molecule has 0 fully saturated rings. The van der Waals surface area contributed by atoms with Gasteiger partial charge in [-0.2, -0.15) is 0 Å². The van der Waals surface area contributed by atoms with Crippen molar-refractivity contribution in [1.29, 1.82) is 0 Å². The fourth-order valence-corrected chi connectivity index (χ4v) is 1.78. The Morgan fingerprint density at radius 1 is 1.25 bits per heavy atom. The molecule has 0 aliphatic rings. The van der Waals surface area contributed by atoms with Gasteiger partial charge in [-0.15, -0.1) is 0 Å². The number of hydrogen-bond acceptors (Lipinski definition) is 2. The fraction of sp³-hybridized carbons (Fsp3) is 1.00. The van der Waals surface area contributed by atoms with Crippen LogP contribution in [0.5, 0.6) is 0 Å². The Morgan fingerprint density at radius 3 is 2.33 bits per heavy atom. The summed E-state index contributed by atoms with van der Waals surface area (Å²) in [6.07, 6.45) is 4.46. The molecule has 0 aliphatic heterocycles. The van der Waals surface area contributed by atoms with Gasteiger partial charge in [-0.3, -0.25) is 0 Å². The van der Waals surface area contributed by atoms with Gasteiger partial charge in [0.1, 0.15) is 0 Å². The highest BCUT2D eigenvalue weighted by atomic mass is 16.3. The third kappa shape index (κ3) is 4.73. The minimum Gasteiger partial charge on any atom is -0.396 e. The van der Waals surface area contributed by atoms with E-state index in [0.717, 1.165) is 19.4 Å². The van der Waals surface area contributed by atoms with Crippen molar-refractivity contribution in [2.45, 2.75) is 39.5 Å². The molecule has 0 aromatic carbocycles. The van der Waals surface area contributed by atoms with Crippen molar-refractivity contribution in [2.24, 2.45) is 17.6 Å². The van der Waals surface area contributed by atoms with Crippen molar-refractivity contribution in [3.8, 4) is 0 Å². The number of nitrogens with two attached hydrogens (primary N) is 1. The average Bonchev–Trinajstić information content (AvgIpc) is 2.04. The van der Waals surface area contributed by atoms with E-state index in [2.05, 4.69) is 13.8 Å². The molecule has 0 aromatic rings. The molecule has 12 heavy (non-hydrogen) atoms. The molecule has 0 aliphatic carbocycles. The lowest BCUT2D eigenvalue weighted by molar-refractivity contribution is 0.213. The van der Waals surface area contributed by atoms with Crippen LogP contribution in [0.4, 0.5) is 0 Å². The molecule has 0 saturated heterocycles. The second-order valence-corrected chi connectivity index (χ2v) is 3.62. The van der Waals surface area contributed by atoms with Gasteiger partial charge in [-0.25, -0.2) is 0 Å². The first-order valence-corrected chi connectivity index (χ1v) is 5.07. The molecule has 0 spiro atoms. The maximum atomic E-state index is 8.84. The first kappa shape index (κ1) is 11.9. The first-order valence-electron chi connectivity index (χ1n) is 5.07. The molecule has 2 nitrogen and oxygen atoms in total. The van der Waals surface area contributed by atoms with E-state index in [1.54, 1.807) is 0 Å². The zero-order chi connectivity index (χ0) is 9.40. The summed E-state index contributed by atoms with van der Waals surface area (Å²) in [6, 6.07) is 0. The lowest BCUT2D eigenvalue weighted by Gasteiger charge is -2.22. The van der Waals surface area contributed by atoms with Crippen LogP contribution in [0.15, 0.2) is 0 Å². The summed E-state index contributed by atoms with van der Waals surface area (Å²) in [5.74, 6) is 1.34. The Labute approximate surface area is 76.2 Å². The van der Waals surface area contributed by atoms with Crippen LogP contribution in [-0.4, -0.2) is 18.3 Å². The van der Waals surface area contributed by atoms with Gasteiger partial charge in [0.2, 0.25) is 0 Å². The van der Waals surface area contributed by atoms with E-state index in [0.29, 0.717) is 18.4 Å². The second-order valence-electron chi connectivity index (χ2n) is 3.62. The molecule has 0 saturated carbocycles. The highest BCUT2D eigenvalue weighted by Crippen LogP contribution is 2.22. The summed E-state index contributed by atoms with van der Waals surface area (Å²) in [4.78, 5) is 0. The van der Waals surface area contributed by atoms with Crippen LogP contribution in [0.1, 0.15) is 39.5 Å². The van der Waals surface area contributed by atoms with Crippen LogP contribution in [0.2, 0.25) is 0 Å². The predicted molar refractivity (Wildman–Crippen MR) is 52.9 cm³/mol. The SMILES string of the molecule is CCCC(C)C(CCN)CCO. The highest BCUT2D eigenvalue weighted by Gasteiger charge is 2.14. The Hall–Kier alpha value is -0.0800. The standard InChI is InChI=1S/C10H23NO/c1-3-4-9(2)10(5-7-11)6-8-12/h9-10,12H,3-8,11H2,1-2H3. The first-order chi connectivity index (χ1) is 5.76. The molecule has 0 radical (unpaired) electrons. The highest BCUT2D eigenvalue weighted by molar-refractivity contribution is 4.66. The van der Waals surface area contributed by atoms with Crippen LogP contribution in [-0.2, 0) is 0 Å². The zero-order valence-corrected chi connectivity index (χ0v) is 8.42. The molecule has 0 bridgehead atoms. The van der Waals surface area contributed by atoms with Gasteiger partial charge >= 0.3 is 0 Å². The normalized spacial score (nSPS) is 16.0. The maximum Gasteiger partial charge on any atom is 0.0433 e. The minimum atomic E-state index is 0.304. The van der Waals surface area contributed by atoms with Crippen LogP contribution in [0, 0.1) is 11.8 Å². The van der Waals surface area contributed by atoms with Gasteiger partial charge < -0.3 is 10.8 Å². The van der Waals surface area contributed by atoms with E-state index in [4.69, 9.17) is 10.8 Å². The summed E-state index contributed by atoms with van der Waals surface area (Å²) in [6.45, 7) is 5.52. The number of aliphatic hydroxyl groups excluding tert-OH is 1. The minimum absolute atomic E-state index is 0.304. The molecule has 2 atom stereocenters. The Morgan fingerprint density at radius 2 is 1.92 bits per heavy atom. The molecule has 2 heteroatoms. The Balaban J connectivity index is 3.72. The van der Waals surface area contributed by atoms with Gasteiger partial charge in [-0.05, 0) is 31.2 Å². The average molecular weight is 173 g/mol. The molecule has 2 unspecified atom stereocenters. The van der Waals surface area contributed by atoms with E-state index in [1.807, 2.05) is 0 Å². The van der Waals surface area contributed by atoms with Crippen molar-refractivity contribution in [3.63, 3.8) is 0 Å². The topological polar surface area (TPSA) is 46.2 Å². The van der Waals surface area contributed by atoms with Crippen molar-refractivity contribution in [2.75, 3.05) is 13.2 Å². The van der Waals surface area contributed by atoms with Gasteiger partial charge in [0.15, 0.2) is 0 Å². The monoisotopic (exact) mass is 173 g/mol. The molecule has 0 rings (SSSR count). The van der Waals surface area contributed by atoms with Gasteiger partial charge in [0, 0.05) is 6.61 Å². The molecule has 0 amide bonds. The van der Waals surface area contributed by atoms with Gasteiger partial charge in [0.05, 0.1) is 0 Å². The summed E-state index contributed by atoms with van der Waals surface area (Å²) in [5, 5.41) is 8.84. The van der Waals surface area contributed by atoms with E-state index < -0.39 is 0 Å². The third-order valence-corrected chi connectivity index (χ3v) is 2.59. The van der Waals surface area contributed by atoms with Gasteiger partial charge in [-0.1, -0.05) is 26.7 Å². The Kier molecular flexibility index (Phi) is 7.51. The molecule has 0 aromatic heterocycles. The maximum absolute atomic E-state index is 8.84. The number of rotatable bonds is 7. The largest absolute Gasteiger partial charge is 0.396 e. The smallest absolute Gasteiger partial charge is 0.0433 e. The van der Waals surface area contributed by atoms with E-state index in [1.165, 1.54) is 12.8 Å². The van der Waals surface area contributed by atoms with Crippen LogP contribution >= 0.6 is 0 Å². The molecule has 3 N–H and O–H groups in total. The quantitative estimate of drug-likeness (QED) is 0.616. The van der Waals surface area contributed by atoms with Gasteiger partial charge in [0.25, 0.3) is 0 Å². The summed E-state index contributed by atoms with van der Waals surface area (Å²) in [5.41, 5.74) is 5.51. The number of aliphatic hydroxyl groups is 1. The van der Waals surface area contributed by atoms with Crippen molar-refractivity contribution in [1.82, 2.24) is 0 Å². The fourth-order valence-electron chi connectivity index (χ4n) is 1.78.